The van der Waals surface area contributed by atoms with Crippen molar-refractivity contribution in [3.8, 4) is 0 Å². The molecule has 5 heteroatoms. The van der Waals surface area contributed by atoms with Gasteiger partial charge in [0.05, 0.1) is 11.3 Å². The minimum atomic E-state index is -0.210. The highest BCUT2D eigenvalue weighted by atomic mass is 35.5. The number of halogens is 1. The number of rotatable bonds is 5. The molecule has 3 rings (SSSR count). The molecule has 0 spiro atoms. The van der Waals surface area contributed by atoms with Crippen LogP contribution in [0.5, 0.6) is 0 Å². The quantitative estimate of drug-likeness (QED) is 0.647. The van der Waals surface area contributed by atoms with Crippen LogP contribution >= 0.6 is 35.6 Å². The molecule has 0 aliphatic carbocycles. The molecule has 0 aromatic heterocycles. The van der Waals surface area contributed by atoms with Crippen LogP contribution in [0.15, 0.2) is 54.6 Å². The first-order valence-corrected chi connectivity index (χ1v) is 9.62. The Morgan fingerprint density at radius 3 is 2.38 bits per heavy atom. The van der Waals surface area contributed by atoms with Crippen LogP contribution in [0.1, 0.15) is 36.9 Å². The van der Waals surface area contributed by atoms with Crippen molar-refractivity contribution in [2.75, 3.05) is 0 Å². The number of hydrogen-bond acceptors (Lipinski definition) is 3. The first kappa shape index (κ1) is 17.5. The summed E-state index contributed by atoms with van der Waals surface area (Å²) in [7, 11) is 0. The number of thiocarbonyl (C=S) groups is 1. The van der Waals surface area contributed by atoms with E-state index in [1.54, 1.807) is 4.90 Å². The van der Waals surface area contributed by atoms with Crippen LogP contribution in [-0.4, -0.2) is 20.4 Å². The van der Waals surface area contributed by atoms with Gasteiger partial charge in [0.2, 0.25) is 5.91 Å². The Morgan fingerprint density at radius 1 is 1.12 bits per heavy atom. The van der Waals surface area contributed by atoms with Crippen molar-refractivity contribution in [3.05, 3.63) is 70.7 Å². The molecule has 2 aromatic carbocycles. The summed E-state index contributed by atoms with van der Waals surface area (Å²) < 4.78 is 0.655. The van der Waals surface area contributed by atoms with Gasteiger partial charge in [0, 0.05) is 5.02 Å². The average Bonchev–Trinajstić information content (AvgIpc) is 2.86. The van der Waals surface area contributed by atoms with E-state index in [-0.39, 0.29) is 17.2 Å². The summed E-state index contributed by atoms with van der Waals surface area (Å²) in [5.41, 5.74) is 2.06. The predicted molar refractivity (Wildman–Crippen MR) is 105 cm³/mol. The smallest absolute Gasteiger partial charge is 0.242 e. The van der Waals surface area contributed by atoms with E-state index >= 15 is 0 Å². The maximum absolute atomic E-state index is 13.0. The van der Waals surface area contributed by atoms with E-state index in [9.17, 15) is 4.79 Å². The molecule has 1 amide bonds. The zero-order chi connectivity index (χ0) is 17.1. The van der Waals surface area contributed by atoms with E-state index in [2.05, 4.69) is 6.92 Å². The van der Waals surface area contributed by atoms with Crippen molar-refractivity contribution in [1.29, 1.82) is 0 Å². The molecule has 1 aliphatic rings. The molecule has 124 valence electrons. The highest BCUT2D eigenvalue weighted by molar-refractivity contribution is 8.24. The van der Waals surface area contributed by atoms with Crippen LogP contribution < -0.4 is 0 Å². The number of thioether (sulfide) groups is 1. The van der Waals surface area contributed by atoms with Gasteiger partial charge in [-0.25, -0.2) is 0 Å². The average molecular weight is 376 g/mol. The van der Waals surface area contributed by atoms with Gasteiger partial charge >= 0.3 is 0 Å². The van der Waals surface area contributed by atoms with Crippen molar-refractivity contribution in [2.24, 2.45) is 0 Å². The molecule has 24 heavy (non-hydrogen) atoms. The van der Waals surface area contributed by atoms with E-state index in [0.29, 0.717) is 9.34 Å². The van der Waals surface area contributed by atoms with Gasteiger partial charge in [-0.1, -0.05) is 91.4 Å². The molecule has 1 saturated heterocycles. The van der Waals surface area contributed by atoms with Gasteiger partial charge in [-0.05, 0) is 29.7 Å². The van der Waals surface area contributed by atoms with Crippen LogP contribution in [0, 0.1) is 0 Å². The second-order valence-corrected chi connectivity index (χ2v) is 8.01. The third-order valence-corrected chi connectivity index (χ3v) is 5.92. The lowest BCUT2D eigenvalue weighted by Gasteiger charge is -2.28. The molecule has 2 nitrogen and oxygen atoms in total. The molecule has 2 atom stereocenters. The summed E-state index contributed by atoms with van der Waals surface area (Å²) in [5, 5.41) is 0.611. The first-order valence-electron chi connectivity index (χ1n) is 7.96. The van der Waals surface area contributed by atoms with Crippen molar-refractivity contribution < 1.29 is 4.79 Å². The third-order valence-electron chi connectivity index (χ3n) is 4.06. The van der Waals surface area contributed by atoms with Crippen LogP contribution in [0.2, 0.25) is 5.02 Å². The van der Waals surface area contributed by atoms with Crippen LogP contribution in [0.4, 0.5) is 0 Å². The Morgan fingerprint density at radius 2 is 1.75 bits per heavy atom. The van der Waals surface area contributed by atoms with Crippen LogP contribution in [0.25, 0.3) is 0 Å². The van der Waals surface area contributed by atoms with E-state index in [1.165, 1.54) is 11.8 Å². The van der Waals surface area contributed by atoms with Crippen molar-refractivity contribution in [3.63, 3.8) is 0 Å². The molecule has 0 N–H and O–H groups in total. The highest BCUT2D eigenvalue weighted by Gasteiger charge is 2.41. The molecule has 1 heterocycles. The third kappa shape index (κ3) is 3.51. The summed E-state index contributed by atoms with van der Waals surface area (Å²) in [6.07, 6.45) is 1.82. The minimum Gasteiger partial charge on any atom is -0.285 e. The number of hydrogen-bond donors (Lipinski definition) is 0. The van der Waals surface area contributed by atoms with Gasteiger partial charge in [-0.2, -0.15) is 0 Å². The first-order chi connectivity index (χ1) is 11.6. The Balaban J connectivity index is 2.03. The van der Waals surface area contributed by atoms with Gasteiger partial charge in [0.25, 0.3) is 0 Å². The van der Waals surface area contributed by atoms with Crippen LogP contribution in [0.3, 0.4) is 0 Å². The fourth-order valence-corrected chi connectivity index (χ4v) is 4.71. The van der Waals surface area contributed by atoms with Gasteiger partial charge in [-0.15, -0.1) is 0 Å². The maximum atomic E-state index is 13.0. The Hall–Kier alpha value is -1.36. The number of carbonyl (C=O) groups is 1. The Labute approximate surface area is 157 Å². The molecule has 2 unspecified atom stereocenters. The maximum Gasteiger partial charge on any atom is 0.242 e. The fourth-order valence-electron chi connectivity index (χ4n) is 2.92. The zero-order valence-corrected chi connectivity index (χ0v) is 15.7. The Kier molecular flexibility index (Phi) is 5.59. The van der Waals surface area contributed by atoms with E-state index < -0.39 is 0 Å². The molecule has 2 aromatic rings. The summed E-state index contributed by atoms with van der Waals surface area (Å²) >= 11 is 13.1. The lowest BCUT2D eigenvalue weighted by molar-refractivity contribution is -0.127. The summed E-state index contributed by atoms with van der Waals surface area (Å²) in [5.74, 6) is 0.107. The number of amides is 1. The lowest BCUT2D eigenvalue weighted by Crippen LogP contribution is -2.35. The predicted octanol–water partition coefficient (Wildman–Crippen LogP) is 5.46. The van der Waals surface area contributed by atoms with Crippen molar-refractivity contribution >= 4 is 45.8 Å². The molecule has 0 radical (unpaired) electrons. The molecular formula is C19H18ClNOS2. The molecule has 1 aliphatic heterocycles. The Bertz CT molecular complexity index is 733. The summed E-state index contributed by atoms with van der Waals surface area (Å²) in [6, 6.07) is 17.4. The lowest BCUT2D eigenvalue weighted by atomic mass is 9.97. The normalized spacial score (nSPS) is 18.9. The monoisotopic (exact) mass is 375 g/mol. The molecule has 0 bridgehead atoms. The largest absolute Gasteiger partial charge is 0.285 e. The summed E-state index contributed by atoms with van der Waals surface area (Å²) in [6.45, 7) is 2.09. The van der Waals surface area contributed by atoms with Gasteiger partial charge < -0.3 is 0 Å². The van der Waals surface area contributed by atoms with Crippen LogP contribution in [-0.2, 0) is 4.79 Å². The number of carbonyl (C=O) groups excluding carboxylic acids is 1. The summed E-state index contributed by atoms with van der Waals surface area (Å²) in [4.78, 5) is 14.7. The molecule has 0 saturated carbocycles. The van der Waals surface area contributed by atoms with Crippen molar-refractivity contribution in [1.82, 2.24) is 4.90 Å². The second kappa shape index (κ2) is 7.68. The fraction of sp³-hybridized carbons (Fsp3) is 0.263. The molecular weight excluding hydrogens is 358 g/mol. The van der Waals surface area contributed by atoms with E-state index in [1.807, 2.05) is 54.6 Å². The van der Waals surface area contributed by atoms with Gasteiger partial charge in [-0.3, -0.25) is 9.69 Å². The van der Waals surface area contributed by atoms with E-state index in [4.69, 9.17) is 23.8 Å². The van der Waals surface area contributed by atoms with Crippen molar-refractivity contribution in [2.45, 2.75) is 31.1 Å². The van der Waals surface area contributed by atoms with Gasteiger partial charge in [0.15, 0.2) is 0 Å². The highest BCUT2D eigenvalue weighted by Crippen LogP contribution is 2.39. The molecule has 1 fully saturated rings. The second-order valence-electron chi connectivity index (χ2n) is 5.73. The number of benzene rings is 2. The SMILES string of the molecule is CCCC1SC(=S)N(C(c2ccccc2)c2ccc(Cl)cc2)C1=O. The zero-order valence-electron chi connectivity index (χ0n) is 13.3. The van der Waals surface area contributed by atoms with E-state index in [0.717, 1.165) is 24.0 Å². The number of nitrogens with zero attached hydrogens (tertiary/aromatic N) is 1. The minimum absolute atomic E-state index is 0.0685. The van der Waals surface area contributed by atoms with Gasteiger partial charge in [0.1, 0.15) is 4.32 Å². The standard InChI is InChI=1S/C19H18ClNOS2/c1-2-6-16-18(22)21(19(23)24-16)17(13-7-4-3-5-8-13)14-9-11-15(20)12-10-14/h3-5,7-12,16-17H,2,6H2,1H3. The topological polar surface area (TPSA) is 20.3 Å².